The van der Waals surface area contributed by atoms with Crippen LogP contribution in [-0.4, -0.2) is 50.4 Å². The van der Waals surface area contributed by atoms with Gasteiger partial charge in [0.25, 0.3) is 5.91 Å². The van der Waals surface area contributed by atoms with Crippen molar-refractivity contribution in [1.29, 1.82) is 0 Å². The fraction of sp³-hybridized carbons (Fsp3) is 0.435. The van der Waals surface area contributed by atoms with Crippen molar-refractivity contribution in [2.75, 3.05) is 18.4 Å². The molecule has 1 aliphatic rings. The molecule has 0 saturated carbocycles. The van der Waals surface area contributed by atoms with Crippen molar-refractivity contribution < 1.29 is 18.7 Å². The maximum Gasteiger partial charge on any atom is 0.313 e. The molecule has 3 aromatic rings. The van der Waals surface area contributed by atoms with Gasteiger partial charge in [0, 0.05) is 24.2 Å². The number of aryl methyl sites for hydroxylation is 1. The molecule has 1 aliphatic heterocycles. The van der Waals surface area contributed by atoms with Gasteiger partial charge < -0.3 is 15.0 Å². The zero-order chi connectivity index (χ0) is 23.9. The Bertz CT molecular complexity index is 1220. The summed E-state index contributed by atoms with van der Waals surface area (Å²) in [7, 11) is 0. The Balaban J connectivity index is 1.55. The van der Waals surface area contributed by atoms with Crippen molar-refractivity contribution in [3.63, 3.8) is 0 Å². The van der Waals surface area contributed by atoms with Gasteiger partial charge >= 0.3 is 5.97 Å². The number of halogens is 1. The number of esters is 1. The second-order valence-corrected chi connectivity index (χ2v) is 10.5. The number of pyridine rings is 1. The Hall–Kier alpha value is -3.14. The quantitative estimate of drug-likeness (QED) is 0.559. The third-order valence-electron chi connectivity index (χ3n) is 5.18. The summed E-state index contributed by atoms with van der Waals surface area (Å²) in [6.45, 7) is 9.81. The topological polar surface area (TPSA) is 97.3 Å². The van der Waals surface area contributed by atoms with Crippen molar-refractivity contribution in [2.24, 2.45) is 5.92 Å². The van der Waals surface area contributed by atoms with Gasteiger partial charge in [0.1, 0.15) is 11.4 Å². The van der Waals surface area contributed by atoms with E-state index in [2.05, 4.69) is 20.3 Å². The lowest BCUT2D eigenvalue weighted by molar-refractivity contribution is -0.164. The Morgan fingerprint density at radius 2 is 1.97 bits per heavy atom. The predicted octanol–water partition coefficient (Wildman–Crippen LogP) is 4.12. The van der Waals surface area contributed by atoms with Crippen LogP contribution in [0.3, 0.4) is 0 Å². The number of ether oxygens (including phenoxy) is 1. The SMILES string of the molecule is Cc1cc2nc(NC(C)c3cncc(F)c3)nc(C(=O)N3CC(C(=O)OC(C)(C)C)C3)c2s1. The lowest BCUT2D eigenvalue weighted by atomic mass is 9.99. The molecule has 0 bridgehead atoms. The predicted molar refractivity (Wildman–Crippen MR) is 124 cm³/mol. The van der Waals surface area contributed by atoms with Crippen LogP contribution in [0.5, 0.6) is 0 Å². The molecular weight excluding hydrogens is 445 g/mol. The molecule has 0 spiro atoms. The average Bonchev–Trinajstić information content (AvgIpc) is 3.04. The molecule has 0 radical (unpaired) electrons. The van der Waals surface area contributed by atoms with Crippen LogP contribution in [0.1, 0.15) is 54.7 Å². The number of nitrogens with zero attached hydrogens (tertiary/aromatic N) is 4. The molecule has 1 amide bonds. The van der Waals surface area contributed by atoms with Gasteiger partial charge in [-0.25, -0.2) is 14.4 Å². The number of amides is 1. The van der Waals surface area contributed by atoms with Crippen molar-refractivity contribution in [2.45, 2.75) is 46.3 Å². The van der Waals surface area contributed by atoms with Crippen LogP contribution in [0.25, 0.3) is 10.2 Å². The molecule has 10 heteroatoms. The zero-order valence-electron chi connectivity index (χ0n) is 19.2. The highest BCUT2D eigenvalue weighted by atomic mass is 32.1. The third-order valence-corrected chi connectivity index (χ3v) is 6.22. The van der Waals surface area contributed by atoms with Gasteiger partial charge in [-0.05, 0) is 52.3 Å². The first-order valence-corrected chi connectivity index (χ1v) is 11.5. The van der Waals surface area contributed by atoms with Crippen LogP contribution in [0.2, 0.25) is 0 Å². The third kappa shape index (κ3) is 5.11. The monoisotopic (exact) mass is 471 g/mol. The van der Waals surface area contributed by atoms with Crippen molar-refractivity contribution in [3.05, 3.63) is 46.5 Å². The van der Waals surface area contributed by atoms with Crippen LogP contribution >= 0.6 is 11.3 Å². The summed E-state index contributed by atoms with van der Waals surface area (Å²) in [5.74, 6) is -1.06. The summed E-state index contributed by atoms with van der Waals surface area (Å²) in [6.07, 6.45) is 2.71. The highest BCUT2D eigenvalue weighted by Crippen LogP contribution is 2.31. The molecule has 1 saturated heterocycles. The molecule has 8 nitrogen and oxygen atoms in total. The molecule has 1 atom stereocenters. The first-order valence-electron chi connectivity index (χ1n) is 10.7. The maximum atomic E-state index is 13.6. The Kier molecular flexibility index (Phi) is 6.04. The van der Waals surface area contributed by atoms with Crippen LogP contribution < -0.4 is 5.32 Å². The van der Waals surface area contributed by atoms with Crippen LogP contribution in [-0.2, 0) is 9.53 Å². The number of carbonyl (C=O) groups is 2. The summed E-state index contributed by atoms with van der Waals surface area (Å²) in [6, 6.07) is 2.97. The number of thiophene rings is 1. The zero-order valence-corrected chi connectivity index (χ0v) is 20.0. The molecule has 3 aromatic heterocycles. The summed E-state index contributed by atoms with van der Waals surface area (Å²) < 4.78 is 19.7. The van der Waals surface area contributed by atoms with Crippen molar-refractivity contribution >= 4 is 39.4 Å². The highest BCUT2D eigenvalue weighted by Gasteiger charge is 2.39. The van der Waals surface area contributed by atoms with Gasteiger partial charge in [-0.1, -0.05) is 0 Å². The number of hydrogen-bond donors (Lipinski definition) is 1. The van der Waals surface area contributed by atoms with E-state index in [0.717, 1.165) is 11.1 Å². The van der Waals surface area contributed by atoms with E-state index in [1.807, 2.05) is 40.7 Å². The fourth-order valence-corrected chi connectivity index (χ4v) is 4.46. The summed E-state index contributed by atoms with van der Waals surface area (Å²) in [5.41, 5.74) is 1.01. The van der Waals surface area contributed by atoms with E-state index in [1.54, 1.807) is 11.1 Å². The Morgan fingerprint density at radius 1 is 1.24 bits per heavy atom. The second-order valence-electron chi connectivity index (χ2n) is 9.21. The van der Waals surface area contributed by atoms with E-state index in [9.17, 15) is 14.0 Å². The first-order chi connectivity index (χ1) is 15.5. The van der Waals surface area contributed by atoms with E-state index in [4.69, 9.17) is 4.74 Å². The number of nitrogens with one attached hydrogen (secondary N) is 1. The lowest BCUT2D eigenvalue weighted by Crippen LogP contribution is -2.54. The molecule has 33 heavy (non-hydrogen) atoms. The van der Waals surface area contributed by atoms with Crippen molar-refractivity contribution in [1.82, 2.24) is 19.9 Å². The average molecular weight is 472 g/mol. The van der Waals surface area contributed by atoms with Gasteiger partial charge in [-0.3, -0.25) is 14.6 Å². The molecule has 174 valence electrons. The first kappa shape index (κ1) is 23.0. The molecule has 0 aromatic carbocycles. The minimum absolute atomic E-state index is 0.257. The highest BCUT2D eigenvalue weighted by molar-refractivity contribution is 7.19. The number of rotatable bonds is 5. The molecule has 1 fully saturated rings. The standard InChI is InChI=1S/C23H26FN5O3S/c1-12-6-17-19(33-12)18(20(30)29-10-15(11-29)21(31)32-23(3,4)5)28-22(27-17)26-13(2)14-7-16(24)9-25-8-14/h6-9,13,15H,10-11H2,1-5H3,(H,26,27,28). The molecule has 4 rings (SSSR count). The van der Waals surface area contributed by atoms with Gasteiger partial charge in [-0.2, -0.15) is 0 Å². The lowest BCUT2D eigenvalue weighted by Gasteiger charge is -2.38. The number of likely N-dealkylation sites (tertiary alicyclic amines) is 1. The number of hydrogen-bond acceptors (Lipinski definition) is 8. The minimum Gasteiger partial charge on any atom is -0.460 e. The van der Waals surface area contributed by atoms with Crippen LogP contribution in [0, 0.1) is 18.7 Å². The largest absolute Gasteiger partial charge is 0.460 e. The molecule has 1 unspecified atom stereocenters. The normalized spacial score (nSPS) is 15.3. The Morgan fingerprint density at radius 3 is 2.64 bits per heavy atom. The van der Waals surface area contributed by atoms with E-state index in [-0.39, 0.29) is 48.6 Å². The number of anilines is 1. The summed E-state index contributed by atoms with van der Waals surface area (Å²) in [5, 5.41) is 3.14. The van der Waals surface area contributed by atoms with Gasteiger partial charge in [0.15, 0.2) is 5.69 Å². The number of fused-ring (bicyclic) bond motifs is 1. The van der Waals surface area contributed by atoms with Gasteiger partial charge in [-0.15, -0.1) is 11.3 Å². The van der Waals surface area contributed by atoms with E-state index < -0.39 is 11.4 Å². The number of aromatic nitrogens is 3. The molecular formula is C23H26FN5O3S. The molecule has 0 aliphatic carbocycles. The second kappa shape index (κ2) is 8.66. The van der Waals surface area contributed by atoms with E-state index in [0.29, 0.717) is 15.8 Å². The number of carbonyl (C=O) groups excluding carboxylic acids is 2. The smallest absolute Gasteiger partial charge is 0.313 e. The van der Waals surface area contributed by atoms with Crippen molar-refractivity contribution in [3.8, 4) is 0 Å². The molecule has 1 N–H and O–H groups in total. The Labute approximate surface area is 195 Å². The summed E-state index contributed by atoms with van der Waals surface area (Å²) >= 11 is 1.45. The maximum absolute atomic E-state index is 13.6. The van der Waals surface area contributed by atoms with E-state index in [1.165, 1.54) is 17.4 Å². The van der Waals surface area contributed by atoms with Crippen LogP contribution in [0.4, 0.5) is 10.3 Å². The fourth-order valence-electron chi connectivity index (χ4n) is 3.53. The summed E-state index contributed by atoms with van der Waals surface area (Å²) in [4.78, 5) is 41.0. The van der Waals surface area contributed by atoms with E-state index >= 15 is 0 Å². The van der Waals surface area contributed by atoms with Gasteiger partial charge in [0.2, 0.25) is 5.95 Å². The van der Waals surface area contributed by atoms with Gasteiger partial charge in [0.05, 0.1) is 28.4 Å². The molecule has 4 heterocycles. The minimum atomic E-state index is -0.566. The van der Waals surface area contributed by atoms with Crippen LogP contribution in [0.15, 0.2) is 24.5 Å².